The van der Waals surface area contributed by atoms with Gasteiger partial charge in [-0.25, -0.2) is 14.4 Å². The molecule has 0 saturated heterocycles. The number of rotatable bonds is 3. The first-order valence-electron chi connectivity index (χ1n) is 5.78. The number of carbonyl (C=O) groups excluding carboxylic acids is 1. The molecule has 7 heteroatoms. The van der Waals surface area contributed by atoms with E-state index in [0.29, 0.717) is 17.1 Å². The van der Waals surface area contributed by atoms with Gasteiger partial charge < -0.3 is 10.6 Å². The van der Waals surface area contributed by atoms with Gasteiger partial charge in [0.15, 0.2) is 0 Å². The molecule has 1 heterocycles. The molecule has 0 radical (unpaired) electrons. The van der Waals surface area contributed by atoms with Gasteiger partial charge in [-0.15, -0.1) is 0 Å². The zero-order chi connectivity index (χ0) is 14.7. The van der Waals surface area contributed by atoms with Crippen molar-refractivity contribution in [1.82, 2.24) is 9.97 Å². The topological polar surface area (TPSA) is 66.9 Å². The predicted octanol–water partition coefficient (Wildman–Crippen LogP) is 2.98. The smallest absolute Gasteiger partial charge is 0.275 e. The van der Waals surface area contributed by atoms with Crippen molar-refractivity contribution in [3.05, 3.63) is 46.1 Å². The van der Waals surface area contributed by atoms with Gasteiger partial charge in [-0.2, -0.15) is 0 Å². The summed E-state index contributed by atoms with van der Waals surface area (Å²) in [5, 5.41) is 5.49. The maximum Gasteiger partial charge on any atom is 0.275 e. The Morgan fingerprint density at radius 3 is 2.65 bits per heavy atom. The summed E-state index contributed by atoms with van der Waals surface area (Å²) in [5.41, 5.74) is 1.32. The van der Waals surface area contributed by atoms with E-state index in [1.54, 1.807) is 14.0 Å². The van der Waals surface area contributed by atoms with Gasteiger partial charge in [0, 0.05) is 12.7 Å². The molecule has 2 rings (SSSR count). The second-order valence-corrected chi connectivity index (χ2v) is 4.93. The number of carbonyl (C=O) groups is 1. The van der Waals surface area contributed by atoms with Crippen molar-refractivity contribution in [3.63, 3.8) is 0 Å². The van der Waals surface area contributed by atoms with E-state index in [1.165, 1.54) is 24.5 Å². The zero-order valence-corrected chi connectivity index (χ0v) is 12.5. The molecule has 1 aromatic carbocycles. The van der Waals surface area contributed by atoms with Gasteiger partial charge in [-0.3, -0.25) is 4.79 Å². The summed E-state index contributed by atoms with van der Waals surface area (Å²) in [6.45, 7) is 1.71. The molecule has 0 aliphatic heterocycles. The van der Waals surface area contributed by atoms with Crippen LogP contribution >= 0.6 is 15.9 Å². The number of benzene rings is 1. The predicted molar refractivity (Wildman–Crippen MR) is 78.4 cm³/mol. The molecule has 1 aromatic heterocycles. The number of nitrogens with one attached hydrogen (secondary N) is 2. The first-order valence-corrected chi connectivity index (χ1v) is 6.57. The minimum atomic E-state index is -0.401. The van der Waals surface area contributed by atoms with Crippen LogP contribution in [0.4, 0.5) is 15.9 Å². The lowest BCUT2D eigenvalue weighted by molar-refractivity contribution is 0.102. The summed E-state index contributed by atoms with van der Waals surface area (Å²) >= 11 is 3.08. The number of aromatic nitrogens is 2. The summed E-state index contributed by atoms with van der Waals surface area (Å²) < 4.78 is 13.6. The molecule has 0 unspecified atom stereocenters. The second-order valence-electron chi connectivity index (χ2n) is 4.07. The molecule has 104 valence electrons. The Hall–Kier alpha value is -2.02. The number of aryl methyl sites for hydroxylation is 1. The Bertz CT molecular complexity index is 646. The van der Waals surface area contributed by atoms with Gasteiger partial charge in [-0.05, 0) is 40.5 Å². The molecule has 1 amide bonds. The average Bonchev–Trinajstić information content (AvgIpc) is 2.44. The van der Waals surface area contributed by atoms with Gasteiger partial charge in [-0.1, -0.05) is 0 Å². The Morgan fingerprint density at radius 1 is 1.30 bits per heavy atom. The largest absolute Gasteiger partial charge is 0.372 e. The first kappa shape index (κ1) is 14.4. The highest BCUT2D eigenvalue weighted by molar-refractivity contribution is 9.10. The Kier molecular flexibility index (Phi) is 4.29. The summed E-state index contributed by atoms with van der Waals surface area (Å²) in [6.07, 6.45) is 2.83. The van der Waals surface area contributed by atoms with Crippen molar-refractivity contribution in [1.29, 1.82) is 0 Å². The van der Waals surface area contributed by atoms with Gasteiger partial charge in [0.25, 0.3) is 5.91 Å². The van der Waals surface area contributed by atoms with E-state index in [9.17, 15) is 9.18 Å². The van der Waals surface area contributed by atoms with Crippen LogP contribution in [0.15, 0.2) is 29.0 Å². The molecule has 0 fully saturated rings. The van der Waals surface area contributed by atoms with Crippen LogP contribution in [0.2, 0.25) is 0 Å². The molecule has 0 bridgehead atoms. The maximum absolute atomic E-state index is 13.3. The van der Waals surface area contributed by atoms with Crippen molar-refractivity contribution in [3.8, 4) is 0 Å². The summed E-state index contributed by atoms with van der Waals surface area (Å²) in [5.74, 6) is -0.206. The Morgan fingerprint density at radius 2 is 2.05 bits per heavy atom. The number of hydrogen-bond donors (Lipinski definition) is 2. The summed E-state index contributed by atoms with van der Waals surface area (Å²) in [7, 11) is 1.71. The fourth-order valence-electron chi connectivity index (χ4n) is 1.54. The van der Waals surface area contributed by atoms with Crippen LogP contribution in [-0.4, -0.2) is 22.9 Å². The minimum Gasteiger partial charge on any atom is -0.372 e. The monoisotopic (exact) mass is 338 g/mol. The number of halogens is 2. The van der Waals surface area contributed by atoms with Crippen LogP contribution in [0.3, 0.4) is 0 Å². The van der Waals surface area contributed by atoms with Crippen molar-refractivity contribution in [2.45, 2.75) is 6.92 Å². The quantitative estimate of drug-likeness (QED) is 0.902. The van der Waals surface area contributed by atoms with Crippen LogP contribution in [0.1, 0.15) is 16.1 Å². The van der Waals surface area contributed by atoms with Crippen LogP contribution in [0, 0.1) is 12.7 Å². The van der Waals surface area contributed by atoms with Crippen LogP contribution < -0.4 is 10.6 Å². The van der Waals surface area contributed by atoms with Gasteiger partial charge >= 0.3 is 0 Å². The first-order chi connectivity index (χ1) is 9.51. The third kappa shape index (κ3) is 3.11. The normalized spacial score (nSPS) is 10.2. The Labute approximate surface area is 123 Å². The van der Waals surface area contributed by atoms with Gasteiger partial charge in [0.05, 0.1) is 16.9 Å². The number of nitrogens with zero attached hydrogens (tertiary/aromatic N) is 2. The SMILES string of the molecule is CNc1cnc(C(=O)Nc2cc(Br)c(F)cc2C)cn1. The highest BCUT2D eigenvalue weighted by Gasteiger charge is 2.11. The fourth-order valence-corrected chi connectivity index (χ4v) is 1.89. The summed E-state index contributed by atoms with van der Waals surface area (Å²) in [6, 6.07) is 2.85. The highest BCUT2D eigenvalue weighted by Crippen LogP contribution is 2.24. The second kappa shape index (κ2) is 5.96. The molecular weight excluding hydrogens is 327 g/mol. The van der Waals surface area contributed by atoms with E-state index >= 15 is 0 Å². The molecule has 2 aromatic rings. The summed E-state index contributed by atoms with van der Waals surface area (Å²) in [4.78, 5) is 20.0. The molecule has 0 spiro atoms. The van der Waals surface area contributed by atoms with E-state index < -0.39 is 5.91 Å². The third-order valence-electron chi connectivity index (χ3n) is 2.66. The average molecular weight is 339 g/mol. The Balaban J connectivity index is 2.20. The molecule has 0 saturated carbocycles. The molecule has 2 N–H and O–H groups in total. The van der Waals surface area contributed by atoms with E-state index in [-0.39, 0.29) is 16.0 Å². The highest BCUT2D eigenvalue weighted by atomic mass is 79.9. The van der Waals surface area contributed by atoms with Crippen molar-refractivity contribution in [2.24, 2.45) is 0 Å². The number of amides is 1. The van der Waals surface area contributed by atoms with Gasteiger partial charge in [0.1, 0.15) is 17.3 Å². The lowest BCUT2D eigenvalue weighted by Crippen LogP contribution is -2.15. The minimum absolute atomic E-state index is 0.184. The molecular formula is C13H12BrFN4O. The standard InChI is InChI=1S/C13H12BrFN4O/c1-7-3-9(15)8(14)4-10(7)19-13(20)11-5-18-12(16-2)6-17-11/h3-6H,1-2H3,(H,16,18)(H,19,20). The van der Waals surface area contributed by atoms with E-state index in [1.807, 2.05) is 0 Å². The number of hydrogen-bond acceptors (Lipinski definition) is 4. The maximum atomic E-state index is 13.3. The van der Waals surface area contributed by atoms with Crippen molar-refractivity contribution < 1.29 is 9.18 Å². The third-order valence-corrected chi connectivity index (χ3v) is 3.26. The van der Waals surface area contributed by atoms with E-state index in [2.05, 4.69) is 36.5 Å². The van der Waals surface area contributed by atoms with E-state index in [0.717, 1.165) is 0 Å². The van der Waals surface area contributed by atoms with Crippen molar-refractivity contribution >= 4 is 33.3 Å². The van der Waals surface area contributed by atoms with Crippen LogP contribution in [0.25, 0.3) is 0 Å². The molecule has 0 aliphatic rings. The fraction of sp³-hybridized carbons (Fsp3) is 0.154. The van der Waals surface area contributed by atoms with Crippen molar-refractivity contribution in [2.75, 3.05) is 17.7 Å². The van der Waals surface area contributed by atoms with Gasteiger partial charge in [0.2, 0.25) is 0 Å². The number of anilines is 2. The lowest BCUT2D eigenvalue weighted by atomic mass is 10.2. The zero-order valence-electron chi connectivity index (χ0n) is 10.9. The van der Waals surface area contributed by atoms with E-state index in [4.69, 9.17) is 0 Å². The van der Waals surface area contributed by atoms with Crippen LogP contribution in [0.5, 0.6) is 0 Å². The lowest BCUT2D eigenvalue weighted by Gasteiger charge is -2.09. The van der Waals surface area contributed by atoms with Crippen LogP contribution in [-0.2, 0) is 0 Å². The molecule has 0 aliphatic carbocycles. The molecule has 0 atom stereocenters. The molecule has 20 heavy (non-hydrogen) atoms. The molecule has 5 nitrogen and oxygen atoms in total.